The maximum Gasteiger partial charge on any atom is 0.120 e. The maximum atomic E-state index is 10.7. The average Bonchev–Trinajstić information content (AvgIpc) is 2.72. The number of benzene rings is 2. The molecule has 2 aromatic carbocycles. The summed E-state index contributed by atoms with van der Waals surface area (Å²) >= 11 is 4.75. The highest BCUT2D eigenvalue weighted by Crippen LogP contribution is 2.41. The standard InChI is InChI=1S/C27H40OS/c1-4-5-6-7-8-9-10-11-12-16-19-23-25(29)21-20-24(28)26(23)27(2,3)22-17-14-13-15-18-22/h13-15,17-18,20-21,28-29H,4-12,16,19H2,1-3H3. The smallest absolute Gasteiger partial charge is 0.120 e. The van der Waals surface area contributed by atoms with Crippen molar-refractivity contribution in [3.8, 4) is 5.75 Å². The molecule has 0 radical (unpaired) electrons. The van der Waals surface area contributed by atoms with Crippen LogP contribution in [0.4, 0.5) is 0 Å². The molecule has 160 valence electrons. The Labute approximate surface area is 184 Å². The number of hydrogen-bond acceptors (Lipinski definition) is 2. The molecule has 2 aromatic rings. The Morgan fingerprint density at radius 1 is 0.759 bits per heavy atom. The highest BCUT2D eigenvalue weighted by molar-refractivity contribution is 7.80. The Balaban J connectivity index is 1.93. The lowest BCUT2D eigenvalue weighted by atomic mass is 9.75. The average molecular weight is 413 g/mol. The van der Waals surface area contributed by atoms with E-state index in [1.165, 1.54) is 68.9 Å². The summed E-state index contributed by atoms with van der Waals surface area (Å²) in [4.78, 5) is 0.998. The summed E-state index contributed by atoms with van der Waals surface area (Å²) in [5, 5.41) is 10.7. The number of phenols is 1. The largest absolute Gasteiger partial charge is 0.508 e. The van der Waals surface area contributed by atoms with Crippen LogP contribution in [0.5, 0.6) is 5.75 Å². The Morgan fingerprint density at radius 3 is 1.90 bits per heavy atom. The van der Waals surface area contributed by atoms with Crippen molar-refractivity contribution in [3.63, 3.8) is 0 Å². The van der Waals surface area contributed by atoms with Crippen LogP contribution in [0.2, 0.25) is 0 Å². The minimum Gasteiger partial charge on any atom is -0.508 e. The van der Waals surface area contributed by atoms with E-state index in [9.17, 15) is 5.11 Å². The first kappa shape index (κ1) is 23.9. The van der Waals surface area contributed by atoms with Crippen molar-refractivity contribution in [2.75, 3.05) is 0 Å². The van der Waals surface area contributed by atoms with Gasteiger partial charge in [-0.2, -0.15) is 0 Å². The fourth-order valence-electron chi connectivity index (χ4n) is 4.36. The van der Waals surface area contributed by atoms with E-state index in [4.69, 9.17) is 12.6 Å². The Morgan fingerprint density at radius 2 is 1.31 bits per heavy atom. The van der Waals surface area contributed by atoms with Crippen LogP contribution in [0, 0.1) is 0 Å². The predicted molar refractivity (Wildman–Crippen MR) is 129 cm³/mol. The molecular weight excluding hydrogens is 372 g/mol. The van der Waals surface area contributed by atoms with Gasteiger partial charge < -0.3 is 5.11 Å². The fraction of sp³-hybridized carbons (Fsp3) is 0.556. The zero-order chi connectivity index (χ0) is 21.1. The van der Waals surface area contributed by atoms with Gasteiger partial charge in [-0.15, -0.1) is 12.6 Å². The van der Waals surface area contributed by atoms with Gasteiger partial charge in [0.1, 0.15) is 5.75 Å². The van der Waals surface area contributed by atoms with Gasteiger partial charge in [0.25, 0.3) is 0 Å². The molecule has 0 aromatic heterocycles. The quantitative estimate of drug-likeness (QED) is 0.250. The Kier molecular flexibility index (Phi) is 10.1. The number of phenolic OH excluding ortho intramolecular Hbond substituents is 1. The fourth-order valence-corrected chi connectivity index (χ4v) is 4.66. The van der Waals surface area contributed by atoms with Gasteiger partial charge in [-0.05, 0) is 36.1 Å². The highest BCUT2D eigenvalue weighted by Gasteiger charge is 2.29. The van der Waals surface area contributed by atoms with E-state index in [-0.39, 0.29) is 5.41 Å². The van der Waals surface area contributed by atoms with Crippen LogP contribution in [0.25, 0.3) is 0 Å². The van der Waals surface area contributed by atoms with Crippen LogP contribution >= 0.6 is 12.6 Å². The Bertz CT molecular complexity index is 721. The third-order valence-electron chi connectivity index (χ3n) is 6.17. The molecule has 0 unspecified atom stereocenters. The van der Waals surface area contributed by atoms with Crippen LogP contribution in [-0.2, 0) is 11.8 Å². The van der Waals surface area contributed by atoms with E-state index < -0.39 is 0 Å². The molecule has 0 aliphatic carbocycles. The van der Waals surface area contributed by atoms with Crippen LogP contribution in [0.1, 0.15) is 102 Å². The van der Waals surface area contributed by atoms with Crippen LogP contribution < -0.4 is 0 Å². The van der Waals surface area contributed by atoms with Crippen molar-refractivity contribution in [1.82, 2.24) is 0 Å². The van der Waals surface area contributed by atoms with Crippen LogP contribution in [0.15, 0.2) is 47.4 Å². The van der Waals surface area contributed by atoms with Crippen molar-refractivity contribution < 1.29 is 5.11 Å². The highest BCUT2D eigenvalue weighted by atomic mass is 32.1. The van der Waals surface area contributed by atoms with E-state index >= 15 is 0 Å². The van der Waals surface area contributed by atoms with Gasteiger partial charge in [-0.25, -0.2) is 0 Å². The molecule has 29 heavy (non-hydrogen) atoms. The van der Waals surface area contributed by atoms with Gasteiger partial charge in [0.2, 0.25) is 0 Å². The molecule has 0 atom stereocenters. The van der Waals surface area contributed by atoms with E-state index in [2.05, 4.69) is 45.0 Å². The summed E-state index contributed by atoms with van der Waals surface area (Å²) in [5.74, 6) is 0.388. The summed E-state index contributed by atoms with van der Waals surface area (Å²) in [6, 6.07) is 14.2. The molecule has 0 aliphatic rings. The monoisotopic (exact) mass is 412 g/mol. The van der Waals surface area contributed by atoms with Gasteiger partial charge in [-0.3, -0.25) is 0 Å². The molecule has 2 heteroatoms. The first-order valence-corrected chi connectivity index (χ1v) is 12.0. The number of hydrogen-bond donors (Lipinski definition) is 2. The third kappa shape index (κ3) is 7.10. The summed E-state index contributed by atoms with van der Waals surface area (Å²) in [6.45, 7) is 6.67. The van der Waals surface area contributed by atoms with Gasteiger partial charge in [-0.1, -0.05) is 109 Å². The second-order valence-electron chi connectivity index (χ2n) is 8.88. The molecule has 0 saturated heterocycles. The first-order chi connectivity index (χ1) is 14.0. The summed E-state index contributed by atoms with van der Waals surface area (Å²) in [7, 11) is 0. The van der Waals surface area contributed by atoms with Crippen LogP contribution in [-0.4, -0.2) is 5.11 Å². The topological polar surface area (TPSA) is 20.2 Å². The molecule has 1 N–H and O–H groups in total. The lowest BCUT2D eigenvalue weighted by Crippen LogP contribution is -2.21. The van der Waals surface area contributed by atoms with Crippen molar-refractivity contribution in [3.05, 3.63) is 59.2 Å². The first-order valence-electron chi connectivity index (χ1n) is 11.6. The maximum absolute atomic E-state index is 10.7. The SMILES string of the molecule is CCCCCCCCCCCCc1c(S)ccc(O)c1C(C)(C)c1ccccc1. The second kappa shape index (κ2) is 12.3. The summed E-state index contributed by atoms with van der Waals surface area (Å²) in [5.41, 5.74) is 3.21. The zero-order valence-electron chi connectivity index (χ0n) is 18.7. The third-order valence-corrected chi connectivity index (χ3v) is 6.59. The lowest BCUT2D eigenvalue weighted by molar-refractivity contribution is 0.449. The minimum absolute atomic E-state index is 0.252. The molecule has 0 fully saturated rings. The minimum atomic E-state index is -0.252. The predicted octanol–water partition coefficient (Wildman–Crippen LogP) is 8.47. The molecule has 0 aliphatic heterocycles. The number of aromatic hydroxyl groups is 1. The summed E-state index contributed by atoms with van der Waals surface area (Å²) in [6.07, 6.45) is 14.3. The molecule has 0 saturated carbocycles. The molecular formula is C27H40OS. The Hall–Kier alpha value is -1.41. The molecule has 0 spiro atoms. The number of thiol groups is 1. The van der Waals surface area contributed by atoms with Crippen molar-refractivity contribution >= 4 is 12.6 Å². The zero-order valence-corrected chi connectivity index (χ0v) is 19.6. The summed E-state index contributed by atoms with van der Waals surface area (Å²) < 4.78 is 0. The lowest BCUT2D eigenvalue weighted by Gasteiger charge is -2.30. The van der Waals surface area contributed by atoms with Crippen molar-refractivity contribution in [1.29, 1.82) is 0 Å². The second-order valence-corrected chi connectivity index (χ2v) is 9.36. The van der Waals surface area contributed by atoms with Crippen molar-refractivity contribution in [2.45, 2.75) is 102 Å². The molecule has 0 bridgehead atoms. The van der Waals surface area contributed by atoms with E-state index in [1.807, 2.05) is 12.1 Å². The van der Waals surface area contributed by atoms with Gasteiger partial charge in [0.15, 0.2) is 0 Å². The number of rotatable bonds is 13. The van der Waals surface area contributed by atoms with Crippen LogP contribution in [0.3, 0.4) is 0 Å². The molecule has 2 rings (SSSR count). The van der Waals surface area contributed by atoms with E-state index in [0.29, 0.717) is 5.75 Å². The molecule has 1 nitrogen and oxygen atoms in total. The normalized spacial score (nSPS) is 11.7. The van der Waals surface area contributed by atoms with E-state index in [0.717, 1.165) is 23.3 Å². The van der Waals surface area contributed by atoms with Gasteiger partial charge in [0.05, 0.1) is 0 Å². The van der Waals surface area contributed by atoms with Crippen molar-refractivity contribution in [2.24, 2.45) is 0 Å². The van der Waals surface area contributed by atoms with Gasteiger partial charge in [0, 0.05) is 15.9 Å². The molecule has 0 heterocycles. The van der Waals surface area contributed by atoms with E-state index in [1.54, 1.807) is 6.07 Å². The van der Waals surface area contributed by atoms with Gasteiger partial charge >= 0.3 is 0 Å². The number of unbranched alkanes of at least 4 members (excludes halogenated alkanes) is 9. The molecule has 0 amide bonds.